The van der Waals surface area contributed by atoms with Crippen LogP contribution in [-0.2, 0) is 6.42 Å². The van der Waals surface area contributed by atoms with Crippen molar-refractivity contribution in [3.05, 3.63) is 33.8 Å². The third-order valence-electron chi connectivity index (χ3n) is 2.84. The Balaban J connectivity index is 2.24. The molecule has 0 aliphatic heterocycles. The standard InChI is InChI=1S/C15H18N2O3S/c1-8(2)6-12-14(21-9(3)16-12)15(20)17-11-5-4-10(18)7-13(11)19/h4-5,7-8,18-19H,6H2,1-3H3,(H,17,20). The smallest absolute Gasteiger partial charge is 0.267 e. The summed E-state index contributed by atoms with van der Waals surface area (Å²) in [5.41, 5.74) is 1.04. The van der Waals surface area contributed by atoms with E-state index in [4.69, 9.17) is 0 Å². The number of thiazole rings is 1. The summed E-state index contributed by atoms with van der Waals surface area (Å²) in [7, 11) is 0. The monoisotopic (exact) mass is 306 g/mol. The molecule has 0 bridgehead atoms. The van der Waals surface area contributed by atoms with Crippen molar-refractivity contribution in [1.29, 1.82) is 0 Å². The number of carbonyl (C=O) groups is 1. The van der Waals surface area contributed by atoms with Gasteiger partial charge in [0.1, 0.15) is 16.4 Å². The van der Waals surface area contributed by atoms with Gasteiger partial charge in [0.15, 0.2) is 0 Å². The van der Waals surface area contributed by atoms with Crippen LogP contribution in [0.3, 0.4) is 0 Å². The molecule has 0 spiro atoms. The number of aromatic nitrogens is 1. The molecule has 1 amide bonds. The largest absolute Gasteiger partial charge is 0.508 e. The number of aromatic hydroxyl groups is 2. The van der Waals surface area contributed by atoms with E-state index in [-0.39, 0.29) is 23.1 Å². The average molecular weight is 306 g/mol. The van der Waals surface area contributed by atoms with Crippen molar-refractivity contribution in [3.63, 3.8) is 0 Å². The van der Waals surface area contributed by atoms with Crippen LogP contribution in [0, 0.1) is 12.8 Å². The summed E-state index contributed by atoms with van der Waals surface area (Å²) in [5, 5.41) is 22.5. The number of amides is 1. The quantitative estimate of drug-likeness (QED) is 0.598. The third-order valence-corrected chi connectivity index (χ3v) is 3.85. The van der Waals surface area contributed by atoms with Crippen molar-refractivity contribution in [2.75, 3.05) is 5.32 Å². The second kappa shape index (κ2) is 6.13. The fraction of sp³-hybridized carbons (Fsp3) is 0.333. The van der Waals surface area contributed by atoms with Gasteiger partial charge in [0.2, 0.25) is 0 Å². The van der Waals surface area contributed by atoms with E-state index in [0.717, 1.165) is 17.1 Å². The maximum absolute atomic E-state index is 12.4. The van der Waals surface area contributed by atoms with Crippen LogP contribution in [0.15, 0.2) is 18.2 Å². The highest BCUT2D eigenvalue weighted by atomic mass is 32.1. The van der Waals surface area contributed by atoms with Crippen molar-refractivity contribution >= 4 is 22.9 Å². The second-order valence-corrected chi connectivity index (χ2v) is 6.47. The number of phenolic OH excluding ortho intramolecular Hbond substituents is 2. The zero-order chi connectivity index (χ0) is 15.6. The van der Waals surface area contributed by atoms with Gasteiger partial charge in [0, 0.05) is 6.07 Å². The van der Waals surface area contributed by atoms with E-state index in [1.807, 2.05) is 6.92 Å². The maximum Gasteiger partial charge on any atom is 0.267 e. The first-order valence-electron chi connectivity index (χ1n) is 6.66. The molecule has 1 aromatic carbocycles. The van der Waals surface area contributed by atoms with Gasteiger partial charge in [-0.3, -0.25) is 4.79 Å². The molecule has 0 fully saturated rings. The molecule has 112 valence electrons. The van der Waals surface area contributed by atoms with Crippen LogP contribution in [0.5, 0.6) is 11.5 Å². The van der Waals surface area contributed by atoms with Gasteiger partial charge >= 0.3 is 0 Å². The molecule has 0 aliphatic rings. The summed E-state index contributed by atoms with van der Waals surface area (Å²) < 4.78 is 0. The molecule has 0 aliphatic carbocycles. The predicted molar refractivity (Wildman–Crippen MR) is 83.1 cm³/mol. The number of aryl methyl sites for hydroxylation is 1. The summed E-state index contributed by atoms with van der Waals surface area (Å²) in [6.07, 6.45) is 0.731. The van der Waals surface area contributed by atoms with Crippen LogP contribution in [0.25, 0.3) is 0 Å². The average Bonchev–Trinajstić information content (AvgIpc) is 2.73. The predicted octanol–water partition coefficient (Wildman–Crippen LogP) is 3.31. The number of hydrogen-bond donors (Lipinski definition) is 3. The fourth-order valence-corrected chi connectivity index (χ4v) is 2.82. The maximum atomic E-state index is 12.4. The van der Waals surface area contributed by atoms with Crippen molar-refractivity contribution in [3.8, 4) is 11.5 Å². The Morgan fingerprint density at radius 1 is 1.38 bits per heavy atom. The lowest BCUT2D eigenvalue weighted by molar-refractivity contribution is 0.102. The van der Waals surface area contributed by atoms with E-state index >= 15 is 0 Å². The first-order chi connectivity index (χ1) is 9.86. The zero-order valence-electron chi connectivity index (χ0n) is 12.2. The topological polar surface area (TPSA) is 82.5 Å². The minimum atomic E-state index is -0.294. The Labute approximate surface area is 127 Å². The molecule has 0 saturated carbocycles. The van der Waals surface area contributed by atoms with E-state index in [9.17, 15) is 15.0 Å². The Hall–Kier alpha value is -2.08. The second-order valence-electron chi connectivity index (χ2n) is 5.26. The Morgan fingerprint density at radius 2 is 2.10 bits per heavy atom. The number of rotatable bonds is 4. The van der Waals surface area contributed by atoms with Gasteiger partial charge in [-0.05, 0) is 31.4 Å². The van der Waals surface area contributed by atoms with E-state index < -0.39 is 0 Å². The number of benzene rings is 1. The fourth-order valence-electron chi connectivity index (χ4n) is 1.98. The lowest BCUT2D eigenvalue weighted by Gasteiger charge is -2.08. The molecule has 3 N–H and O–H groups in total. The van der Waals surface area contributed by atoms with Gasteiger partial charge in [0.25, 0.3) is 5.91 Å². The van der Waals surface area contributed by atoms with Gasteiger partial charge in [-0.25, -0.2) is 4.98 Å². The number of carbonyl (C=O) groups excluding carboxylic acids is 1. The number of hydrogen-bond acceptors (Lipinski definition) is 5. The van der Waals surface area contributed by atoms with Crippen molar-refractivity contribution in [2.45, 2.75) is 27.2 Å². The molecule has 6 heteroatoms. The molecule has 0 atom stereocenters. The summed E-state index contributed by atoms with van der Waals surface area (Å²) in [6.45, 7) is 6.01. The first-order valence-corrected chi connectivity index (χ1v) is 7.48. The van der Waals surface area contributed by atoms with Gasteiger partial charge < -0.3 is 15.5 Å². The molecule has 0 saturated heterocycles. The lowest BCUT2D eigenvalue weighted by atomic mass is 10.1. The minimum absolute atomic E-state index is 0.0559. The normalized spacial score (nSPS) is 10.9. The molecule has 21 heavy (non-hydrogen) atoms. The van der Waals surface area contributed by atoms with Crippen LogP contribution in [0.4, 0.5) is 5.69 Å². The third kappa shape index (κ3) is 3.72. The summed E-state index contributed by atoms with van der Waals surface area (Å²) in [4.78, 5) is 17.3. The van der Waals surface area contributed by atoms with Gasteiger partial charge in [-0.15, -0.1) is 11.3 Å². The molecular formula is C15H18N2O3S. The van der Waals surface area contributed by atoms with Crippen LogP contribution >= 0.6 is 11.3 Å². The molecule has 2 aromatic rings. The highest BCUT2D eigenvalue weighted by molar-refractivity contribution is 7.13. The zero-order valence-corrected chi connectivity index (χ0v) is 13.0. The molecule has 0 unspecified atom stereocenters. The Kier molecular flexibility index (Phi) is 4.47. The van der Waals surface area contributed by atoms with Gasteiger partial charge in [0.05, 0.1) is 16.4 Å². The van der Waals surface area contributed by atoms with Crippen molar-refractivity contribution in [1.82, 2.24) is 4.98 Å². The Morgan fingerprint density at radius 3 is 2.71 bits per heavy atom. The van der Waals surface area contributed by atoms with Crippen LogP contribution < -0.4 is 5.32 Å². The number of anilines is 1. The number of nitrogens with one attached hydrogen (secondary N) is 1. The number of phenols is 2. The summed E-state index contributed by atoms with van der Waals surface area (Å²) in [6, 6.07) is 4.05. The minimum Gasteiger partial charge on any atom is -0.508 e. The molecular weight excluding hydrogens is 288 g/mol. The highest BCUT2D eigenvalue weighted by Gasteiger charge is 2.18. The molecule has 1 aromatic heterocycles. The van der Waals surface area contributed by atoms with Crippen LogP contribution in [0.1, 0.15) is 34.2 Å². The van der Waals surface area contributed by atoms with Gasteiger partial charge in [-0.1, -0.05) is 13.8 Å². The molecule has 5 nitrogen and oxygen atoms in total. The lowest BCUT2D eigenvalue weighted by Crippen LogP contribution is -2.13. The summed E-state index contributed by atoms with van der Waals surface area (Å²) >= 11 is 1.34. The van der Waals surface area contributed by atoms with E-state index in [2.05, 4.69) is 24.1 Å². The molecule has 2 rings (SSSR count). The van der Waals surface area contributed by atoms with E-state index in [1.54, 1.807) is 0 Å². The van der Waals surface area contributed by atoms with Crippen LogP contribution in [0.2, 0.25) is 0 Å². The SMILES string of the molecule is Cc1nc(CC(C)C)c(C(=O)Nc2ccc(O)cc2O)s1. The Bertz CT molecular complexity index is 665. The van der Waals surface area contributed by atoms with Crippen molar-refractivity contribution in [2.24, 2.45) is 5.92 Å². The van der Waals surface area contributed by atoms with E-state index in [0.29, 0.717) is 10.8 Å². The van der Waals surface area contributed by atoms with Gasteiger partial charge in [-0.2, -0.15) is 0 Å². The number of nitrogens with zero attached hydrogens (tertiary/aromatic N) is 1. The van der Waals surface area contributed by atoms with E-state index in [1.165, 1.54) is 29.5 Å². The highest BCUT2D eigenvalue weighted by Crippen LogP contribution is 2.29. The van der Waals surface area contributed by atoms with Crippen molar-refractivity contribution < 1.29 is 15.0 Å². The summed E-state index contributed by atoms with van der Waals surface area (Å²) in [5.74, 6) is -0.119. The first kappa shape index (κ1) is 15.3. The van der Waals surface area contributed by atoms with Crippen LogP contribution in [-0.4, -0.2) is 21.1 Å². The molecule has 1 heterocycles. The molecule has 0 radical (unpaired) electrons.